The van der Waals surface area contributed by atoms with Gasteiger partial charge in [0.15, 0.2) is 0 Å². The van der Waals surface area contributed by atoms with E-state index in [4.69, 9.17) is 5.73 Å². The molecule has 4 N–H and O–H groups in total. The molecule has 0 spiro atoms. The van der Waals surface area contributed by atoms with Crippen LogP contribution in [0.25, 0.3) is 0 Å². The minimum Gasteiger partial charge on any atom is -0.399 e. The van der Waals surface area contributed by atoms with E-state index >= 15 is 0 Å². The number of hydrogen-bond donors (Lipinski definition) is 3. The summed E-state index contributed by atoms with van der Waals surface area (Å²) in [5, 5.41) is 9.46. The van der Waals surface area contributed by atoms with Crippen molar-refractivity contribution in [3.63, 3.8) is 0 Å². The largest absolute Gasteiger partial charge is 0.399 e. The van der Waals surface area contributed by atoms with Crippen molar-refractivity contribution in [1.29, 1.82) is 0 Å². The number of benzene rings is 1. The Morgan fingerprint density at radius 3 is 2.44 bits per heavy atom. The summed E-state index contributed by atoms with van der Waals surface area (Å²) < 4.78 is 39.8. The normalized spacial score (nSPS) is 14.5. The van der Waals surface area contributed by atoms with E-state index in [1.54, 1.807) is 0 Å². The topological polar surface area (TPSA) is 92.4 Å². The smallest absolute Gasteiger partial charge is 0.244 e. The first-order valence-corrected chi connectivity index (χ1v) is 6.81. The van der Waals surface area contributed by atoms with E-state index in [1.807, 2.05) is 0 Å². The SMILES string of the molecule is CC(O)C(C)(C)NS(=O)(=O)c1ccc(N)cc1F. The lowest BCUT2D eigenvalue weighted by atomic mass is 10.0. The number of anilines is 1. The molecule has 0 radical (unpaired) electrons. The zero-order valence-corrected chi connectivity index (χ0v) is 11.3. The third kappa shape index (κ3) is 3.18. The fourth-order valence-corrected chi connectivity index (χ4v) is 2.76. The Hall–Kier alpha value is -1.18. The van der Waals surface area contributed by atoms with Gasteiger partial charge in [-0.1, -0.05) is 0 Å². The molecule has 7 heteroatoms. The van der Waals surface area contributed by atoms with Crippen molar-refractivity contribution in [2.45, 2.75) is 37.3 Å². The summed E-state index contributed by atoms with van der Waals surface area (Å²) in [6.07, 6.45) is -0.927. The molecule has 1 unspecified atom stereocenters. The standard InChI is InChI=1S/C11H17FN2O3S/c1-7(15)11(2,3)14-18(16,17)10-5-4-8(13)6-9(10)12/h4-7,14-15H,13H2,1-3H3. The molecule has 1 rings (SSSR count). The Labute approximate surface area is 106 Å². The molecule has 1 atom stereocenters. The number of rotatable bonds is 4. The molecule has 0 amide bonds. The van der Waals surface area contributed by atoms with Gasteiger partial charge < -0.3 is 10.8 Å². The quantitative estimate of drug-likeness (QED) is 0.711. The highest BCUT2D eigenvalue weighted by atomic mass is 32.2. The number of nitrogens with one attached hydrogen (secondary N) is 1. The van der Waals surface area contributed by atoms with E-state index in [2.05, 4.69) is 4.72 Å². The molecule has 0 bridgehead atoms. The van der Waals surface area contributed by atoms with Gasteiger partial charge in [-0.3, -0.25) is 0 Å². The Balaban J connectivity index is 3.15. The zero-order chi connectivity index (χ0) is 14.1. The molecule has 102 valence electrons. The number of nitrogen functional groups attached to an aromatic ring is 1. The van der Waals surface area contributed by atoms with Crippen molar-refractivity contribution in [2.75, 3.05) is 5.73 Å². The molecule has 0 aliphatic carbocycles. The Morgan fingerprint density at radius 2 is 2.00 bits per heavy atom. The first-order valence-electron chi connectivity index (χ1n) is 5.33. The van der Waals surface area contributed by atoms with Crippen LogP contribution in [-0.2, 0) is 10.0 Å². The highest BCUT2D eigenvalue weighted by molar-refractivity contribution is 7.89. The first kappa shape index (κ1) is 14.9. The second kappa shape index (κ2) is 4.83. The number of sulfonamides is 1. The molecule has 0 aliphatic heterocycles. The van der Waals surface area contributed by atoms with Gasteiger partial charge in [-0.2, -0.15) is 0 Å². The Morgan fingerprint density at radius 1 is 1.44 bits per heavy atom. The lowest BCUT2D eigenvalue weighted by Crippen LogP contribution is -2.50. The van der Waals surface area contributed by atoms with Gasteiger partial charge >= 0.3 is 0 Å². The second-order valence-electron chi connectivity index (χ2n) is 4.69. The maximum atomic E-state index is 13.6. The van der Waals surface area contributed by atoms with Crippen molar-refractivity contribution in [2.24, 2.45) is 0 Å². The monoisotopic (exact) mass is 276 g/mol. The molecule has 0 aromatic heterocycles. The predicted molar refractivity (Wildman–Crippen MR) is 66.9 cm³/mol. The average Bonchev–Trinajstić information content (AvgIpc) is 2.14. The lowest BCUT2D eigenvalue weighted by molar-refractivity contribution is 0.111. The van der Waals surface area contributed by atoms with Crippen LogP contribution in [0.2, 0.25) is 0 Å². The third-order valence-corrected chi connectivity index (χ3v) is 4.39. The fourth-order valence-electron chi connectivity index (χ4n) is 1.22. The van der Waals surface area contributed by atoms with Crippen molar-refractivity contribution in [3.8, 4) is 0 Å². The van der Waals surface area contributed by atoms with Crippen LogP contribution in [0.5, 0.6) is 0 Å². The van der Waals surface area contributed by atoms with Crippen LogP contribution in [0.1, 0.15) is 20.8 Å². The molecule has 5 nitrogen and oxygen atoms in total. The fraction of sp³-hybridized carbons (Fsp3) is 0.455. The van der Waals surface area contributed by atoms with Gasteiger partial charge in [0.25, 0.3) is 0 Å². The van der Waals surface area contributed by atoms with Gasteiger partial charge in [0, 0.05) is 5.69 Å². The summed E-state index contributed by atoms with van der Waals surface area (Å²) in [6, 6.07) is 3.32. The maximum absolute atomic E-state index is 13.6. The van der Waals surface area contributed by atoms with Crippen LogP contribution in [0.15, 0.2) is 23.1 Å². The predicted octanol–water partition coefficient (Wildman–Crippen LogP) is 0.846. The van der Waals surface area contributed by atoms with Crippen molar-refractivity contribution in [3.05, 3.63) is 24.0 Å². The summed E-state index contributed by atoms with van der Waals surface area (Å²) in [7, 11) is -4.05. The van der Waals surface area contributed by atoms with Crippen LogP contribution < -0.4 is 10.5 Å². The summed E-state index contributed by atoms with van der Waals surface area (Å²) in [6.45, 7) is 4.46. The first-order chi connectivity index (χ1) is 8.06. The summed E-state index contributed by atoms with van der Waals surface area (Å²) in [5.74, 6) is -0.927. The minimum absolute atomic E-state index is 0.140. The second-order valence-corrected chi connectivity index (χ2v) is 6.34. The van der Waals surface area contributed by atoms with Crippen LogP contribution >= 0.6 is 0 Å². The number of hydrogen-bond acceptors (Lipinski definition) is 4. The van der Waals surface area contributed by atoms with Crippen LogP contribution in [0, 0.1) is 5.82 Å². The van der Waals surface area contributed by atoms with Gasteiger partial charge in [0.1, 0.15) is 10.7 Å². The summed E-state index contributed by atoms with van der Waals surface area (Å²) in [5.41, 5.74) is 4.39. The van der Waals surface area contributed by atoms with Crippen molar-refractivity contribution in [1.82, 2.24) is 4.72 Å². The van der Waals surface area contributed by atoms with E-state index in [1.165, 1.54) is 26.8 Å². The molecule has 1 aromatic rings. The molecule has 0 saturated carbocycles. The van der Waals surface area contributed by atoms with Gasteiger partial charge in [-0.15, -0.1) is 0 Å². The molecule has 0 fully saturated rings. The Kier molecular flexibility index (Phi) is 3.99. The number of aliphatic hydroxyl groups excluding tert-OH is 1. The van der Waals surface area contributed by atoms with Gasteiger partial charge in [0.05, 0.1) is 11.6 Å². The minimum atomic E-state index is -4.05. The lowest BCUT2D eigenvalue weighted by Gasteiger charge is -2.28. The van der Waals surface area contributed by atoms with Crippen LogP contribution in [-0.4, -0.2) is 25.2 Å². The molecular formula is C11H17FN2O3S. The van der Waals surface area contributed by atoms with E-state index in [-0.39, 0.29) is 5.69 Å². The summed E-state index contributed by atoms with van der Waals surface area (Å²) >= 11 is 0. The summed E-state index contributed by atoms with van der Waals surface area (Å²) in [4.78, 5) is -0.495. The highest BCUT2D eigenvalue weighted by Gasteiger charge is 2.31. The molecule has 0 saturated heterocycles. The molecule has 0 heterocycles. The van der Waals surface area contributed by atoms with E-state index in [9.17, 15) is 17.9 Å². The number of aliphatic hydroxyl groups is 1. The molecule has 18 heavy (non-hydrogen) atoms. The van der Waals surface area contributed by atoms with Crippen LogP contribution in [0.4, 0.5) is 10.1 Å². The average molecular weight is 276 g/mol. The number of nitrogens with two attached hydrogens (primary N) is 1. The zero-order valence-electron chi connectivity index (χ0n) is 10.4. The van der Waals surface area contributed by atoms with Crippen molar-refractivity contribution < 1.29 is 17.9 Å². The number of halogens is 1. The van der Waals surface area contributed by atoms with E-state index < -0.39 is 32.4 Å². The highest BCUT2D eigenvalue weighted by Crippen LogP contribution is 2.20. The van der Waals surface area contributed by atoms with E-state index in [0.29, 0.717) is 0 Å². The van der Waals surface area contributed by atoms with Crippen molar-refractivity contribution >= 4 is 15.7 Å². The Bertz CT molecular complexity index is 541. The molecule has 0 aliphatic rings. The van der Waals surface area contributed by atoms with Crippen LogP contribution in [0.3, 0.4) is 0 Å². The molecule has 1 aromatic carbocycles. The maximum Gasteiger partial charge on any atom is 0.244 e. The van der Waals surface area contributed by atoms with Gasteiger partial charge in [-0.25, -0.2) is 17.5 Å². The van der Waals surface area contributed by atoms with Gasteiger partial charge in [0.2, 0.25) is 10.0 Å². The third-order valence-electron chi connectivity index (χ3n) is 2.69. The van der Waals surface area contributed by atoms with Gasteiger partial charge in [-0.05, 0) is 39.0 Å². The molecular weight excluding hydrogens is 259 g/mol. The van der Waals surface area contributed by atoms with E-state index in [0.717, 1.165) is 12.1 Å².